The lowest BCUT2D eigenvalue weighted by molar-refractivity contribution is -0.124. The quantitative estimate of drug-likeness (QED) is 0.659. The highest BCUT2D eigenvalue weighted by Gasteiger charge is 2.49. The van der Waals surface area contributed by atoms with E-state index in [4.69, 9.17) is 12.2 Å². The fourth-order valence-corrected chi connectivity index (χ4v) is 2.89. The van der Waals surface area contributed by atoms with Crippen molar-refractivity contribution in [2.24, 2.45) is 0 Å². The molecule has 1 spiro atoms. The van der Waals surface area contributed by atoms with Crippen LogP contribution in [0.3, 0.4) is 0 Å². The molecule has 4 heteroatoms. The molecule has 1 atom stereocenters. The van der Waals surface area contributed by atoms with Crippen LogP contribution in [0.5, 0.6) is 0 Å². The van der Waals surface area contributed by atoms with Crippen LogP contribution in [0.25, 0.3) is 0 Å². The number of rotatable bonds is 0. The van der Waals surface area contributed by atoms with Crippen molar-refractivity contribution in [3.63, 3.8) is 0 Å². The summed E-state index contributed by atoms with van der Waals surface area (Å²) in [5.41, 5.74) is 2.91. The second-order valence-electron chi connectivity index (χ2n) is 4.47. The highest BCUT2D eigenvalue weighted by atomic mass is 32.1. The molecule has 2 N–H and O–H groups in total. The van der Waals surface area contributed by atoms with Gasteiger partial charge in [0.25, 0.3) is 5.91 Å². The second kappa shape index (κ2) is 3.04. The van der Waals surface area contributed by atoms with Gasteiger partial charge in [-0.15, -0.1) is 0 Å². The molecule has 1 aliphatic carbocycles. The summed E-state index contributed by atoms with van der Waals surface area (Å²) in [6, 6.07) is 6.28. The van der Waals surface area contributed by atoms with Crippen LogP contribution >= 0.6 is 12.2 Å². The van der Waals surface area contributed by atoms with Gasteiger partial charge in [-0.3, -0.25) is 4.79 Å². The molecule has 3 rings (SSSR count). The maximum atomic E-state index is 12.0. The molecule has 0 bridgehead atoms. The van der Waals surface area contributed by atoms with Crippen molar-refractivity contribution in [3.8, 4) is 0 Å². The Morgan fingerprint density at radius 3 is 2.94 bits per heavy atom. The van der Waals surface area contributed by atoms with Gasteiger partial charge in [0, 0.05) is 0 Å². The highest BCUT2D eigenvalue weighted by Crippen LogP contribution is 2.39. The first-order valence-corrected chi connectivity index (χ1v) is 5.76. The molecular formula is C12H12N2OS. The van der Waals surface area contributed by atoms with Gasteiger partial charge >= 0.3 is 0 Å². The molecule has 1 unspecified atom stereocenters. The summed E-state index contributed by atoms with van der Waals surface area (Å²) < 4.78 is 0. The summed E-state index contributed by atoms with van der Waals surface area (Å²) in [7, 11) is 0. The summed E-state index contributed by atoms with van der Waals surface area (Å²) in [6.45, 7) is 2.04. The fourth-order valence-electron chi connectivity index (χ4n) is 2.62. The van der Waals surface area contributed by atoms with E-state index >= 15 is 0 Å². The van der Waals surface area contributed by atoms with Crippen molar-refractivity contribution in [2.45, 2.75) is 25.3 Å². The molecule has 0 aromatic heterocycles. The molecule has 0 saturated carbocycles. The molecule has 2 aliphatic rings. The zero-order valence-corrected chi connectivity index (χ0v) is 9.78. The van der Waals surface area contributed by atoms with Crippen molar-refractivity contribution < 1.29 is 4.79 Å². The second-order valence-corrected chi connectivity index (χ2v) is 4.88. The Hall–Kier alpha value is -1.42. The molecule has 16 heavy (non-hydrogen) atoms. The maximum absolute atomic E-state index is 12.0. The lowest BCUT2D eigenvalue weighted by Gasteiger charge is -2.21. The summed E-state index contributed by atoms with van der Waals surface area (Å²) >= 11 is 5.02. The van der Waals surface area contributed by atoms with Gasteiger partial charge in [0.15, 0.2) is 5.11 Å². The van der Waals surface area contributed by atoms with Gasteiger partial charge in [0.1, 0.15) is 5.54 Å². The first-order chi connectivity index (χ1) is 7.62. The van der Waals surface area contributed by atoms with Crippen LogP contribution in [0.15, 0.2) is 18.2 Å². The number of amides is 1. The lowest BCUT2D eigenvalue weighted by Crippen LogP contribution is -2.41. The van der Waals surface area contributed by atoms with Crippen LogP contribution in [0, 0.1) is 6.92 Å². The first-order valence-electron chi connectivity index (χ1n) is 5.35. The third-order valence-electron chi connectivity index (χ3n) is 3.44. The zero-order valence-electron chi connectivity index (χ0n) is 8.96. The highest BCUT2D eigenvalue weighted by molar-refractivity contribution is 7.80. The number of nitrogens with one attached hydrogen (secondary N) is 2. The van der Waals surface area contributed by atoms with Crippen LogP contribution in [0.2, 0.25) is 0 Å². The average Bonchev–Trinajstić information content (AvgIpc) is 2.71. The monoisotopic (exact) mass is 232 g/mol. The Labute approximate surface area is 99.2 Å². The number of fused-ring (bicyclic) bond motifs is 2. The first kappa shape index (κ1) is 9.78. The molecular weight excluding hydrogens is 220 g/mol. The van der Waals surface area contributed by atoms with Crippen molar-refractivity contribution in [2.75, 3.05) is 0 Å². The molecule has 0 radical (unpaired) electrons. The normalized spacial score (nSPS) is 26.8. The van der Waals surface area contributed by atoms with Gasteiger partial charge < -0.3 is 10.6 Å². The Bertz CT molecular complexity index is 512. The van der Waals surface area contributed by atoms with E-state index in [9.17, 15) is 4.79 Å². The van der Waals surface area contributed by atoms with Crippen LogP contribution in [0.4, 0.5) is 0 Å². The molecule has 1 aromatic carbocycles. The minimum absolute atomic E-state index is 0.0122. The number of benzene rings is 1. The fraction of sp³-hybridized carbons (Fsp3) is 0.333. The van der Waals surface area contributed by atoms with E-state index in [1.54, 1.807) is 0 Å². The molecule has 1 aromatic rings. The standard InChI is InChI=1S/C12H12N2OS/c1-7-2-3-8-4-5-12(9(8)6-7)10(15)13-11(16)14-12/h2-3,6H,4-5H2,1H3,(H2,13,14,15,16). The molecule has 1 aliphatic heterocycles. The van der Waals surface area contributed by atoms with E-state index < -0.39 is 5.54 Å². The van der Waals surface area contributed by atoms with E-state index in [0.717, 1.165) is 18.4 Å². The van der Waals surface area contributed by atoms with Crippen LogP contribution in [-0.2, 0) is 16.8 Å². The summed E-state index contributed by atoms with van der Waals surface area (Å²) in [6.07, 6.45) is 1.72. The molecule has 1 saturated heterocycles. The molecule has 1 heterocycles. The average molecular weight is 232 g/mol. The van der Waals surface area contributed by atoms with Crippen LogP contribution < -0.4 is 10.6 Å². The Kier molecular flexibility index (Phi) is 1.86. The predicted molar refractivity (Wildman–Crippen MR) is 65.1 cm³/mol. The van der Waals surface area contributed by atoms with Crippen LogP contribution in [0.1, 0.15) is 23.1 Å². The van der Waals surface area contributed by atoms with E-state index in [1.807, 2.05) is 6.92 Å². The Morgan fingerprint density at radius 2 is 2.25 bits per heavy atom. The summed E-state index contributed by atoms with van der Waals surface area (Å²) in [4.78, 5) is 12.0. The molecule has 82 valence electrons. The van der Waals surface area contributed by atoms with E-state index in [0.29, 0.717) is 5.11 Å². The van der Waals surface area contributed by atoms with Gasteiger partial charge in [-0.1, -0.05) is 23.8 Å². The Balaban J connectivity index is 2.18. The number of thiocarbonyl (C=S) groups is 1. The van der Waals surface area contributed by atoms with Gasteiger partial charge in [-0.25, -0.2) is 0 Å². The molecule has 1 fully saturated rings. The molecule has 3 nitrogen and oxygen atoms in total. The number of aryl methyl sites for hydroxylation is 2. The van der Waals surface area contributed by atoms with E-state index in [-0.39, 0.29) is 5.91 Å². The number of hydrogen-bond acceptors (Lipinski definition) is 2. The lowest BCUT2D eigenvalue weighted by atomic mass is 9.91. The third-order valence-corrected chi connectivity index (χ3v) is 3.64. The number of carbonyl (C=O) groups excluding carboxylic acids is 1. The minimum atomic E-state index is -0.599. The predicted octanol–water partition coefficient (Wildman–Crippen LogP) is 1.14. The van der Waals surface area contributed by atoms with Crippen molar-refractivity contribution in [3.05, 3.63) is 34.9 Å². The van der Waals surface area contributed by atoms with Crippen molar-refractivity contribution in [1.82, 2.24) is 10.6 Å². The Morgan fingerprint density at radius 1 is 1.44 bits per heavy atom. The van der Waals surface area contributed by atoms with Crippen molar-refractivity contribution in [1.29, 1.82) is 0 Å². The smallest absolute Gasteiger partial charge is 0.256 e. The van der Waals surface area contributed by atoms with Gasteiger partial charge in [-0.2, -0.15) is 0 Å². The zero-order chi connectivity index (χ0) is 11.3. The third kappa shape index (κ3) is 1.13. The van der Waals surface area contributed by atoms with E-state index in [2.05, 4.69) is 28.8 Å². The number of carbonyl (C=O) groups is 1. The largest absolute Gasteiger partial charge is 0.344 e. The van der Waals surface area contributed by atoms with Gasteiger partial charge in [-0.05, 0) is 43.1 Å². The van der Waals surface area contributed by atoms with E-state index in [1.165, 1.54) is 11.1 Å². The topological polar surface area (TPSA) is 41.1 Å². The van der Waals surface area contributed by atoms with Crippen molar-refractivity contribution >= 4 is 23.2 Å². The van der Waals surface area contributed by atoms with Gasteiger partial charge in [0.05, 0.1) is 0 Å². The minimum Gasteiger partial charge on any atom is -0.344 e. The summed E-state index contributed by atoms with van der Waals surface area (Å²) in [5.74, 6) is -0.0122. The summed E-state index contributed by atoms with van der Waals surface area (Å²) in [5, 5.41) is 6.27. The maximum Gasteiger partial charge on any atom is 0.256 e. The molecule has 1 amide bonds. The SMILES string of the molecule is Cc1ccc2c(c1)C1(CC2)NC(=S)NC1=O. The number of hydrogen-bond donors (Lipinski definition) is 2. The van der Waals surface area contributed by atoms with Crippen LogP contribution in [-0.4, -0.2) is 11.0 Å². The van der Waals surface area contributed by atoms with Gasteiger partial charge in [0.2, 0.25) is 0 Å².